The Bertz CT molecular complexity index is 460. The van der Waals surface area contributed by atoms with Crippen molar-refractivity contribution in [1.29, 1.82) is 0 Å². The van der Waals surface area contributed by atoms with Crippen LogP contribution in [-0.4, -0.2) is 57.5 Å². The van der Waals surface area contributed by atoms with Gasteiger partial charge in [0, 0.05) is 18.6 Å². The number of nitrogens with zero attached hydrogens (tertiary/aromatic N) is 1. The molecule has 0 spiro atoms. The van der Waals surface area contributed by atoms with Crippen molar-refractivity contribution in [1.82, 2.24) is 4.90 Å². The number of sulfonamides is 1. The summed E-state index contributed by atoms with van der Waals surface area (Å²) in [5.74, 6) is 0.665. The molecule has 1 saturated heterocycles. The van der Waals surface area contributed by atoms with Crippen LogP contribution in [0.25, 0.3) is 0 Å². The van der Waals surface area contributed by atoms with Crippen molar-refractivity contribution in [2.45, 2.75) is 63.3 Å². The van der Waals surface area contributed by atoms with Crippen molar-refractivity contribution < 1.29 is 13.2 Å². The van der Waals surface area contributed by atoms with E-state index in [0.29, 0.717) is 12.3 Å². The second-order valence-electron chi connectivity index (χ2n) is 7.60. The van der Waals surface area contributed by atoms with Crippen molar-refractivity contribution in [3.05, 3.63) is 0 Å². The van der Waals surface area contributed by atoms with Gasteiger partial charge in [-0.3, -0.25) is 4.90 Å². The van der Waals surface area contributed by atoms with E-state index in [-0.39, 0.29) is 11.3 Å². The molecule has 0 bridgehead atoms. The summed E-state index contributed by atoms with van der Waals surface area (Å²) in [5, 5.41) is 5.10. The van der Waals surface area contributed by atoms with Crippen LogP contribution in [0.1, 0.15) is 57.8 Å². The molecule has 2 aliphatic rings. The fourth-order valence-electron chi connectivity index (χ4n) is 4.25. The average Bonchev–Trinajstić information content (AvgIpc) is 3.07. The van der Waals surface area contributed by atoms with Gasteiger partial charge >= 0.3 is 0 Å². The molecule has 0 aromatic carbocycles. The zero-order chi connectivity index (χ0) is 17.5. The molecule has 4 N–H and O–H groups in total. The highest BCUT2D eigenvalue weighted by atomic mass is 32.2. The second kappa shape index (κ2) is 9.48. The van der Waals surface area contributed by atoms with Crippen LogP contribution < -0.4 is 10.9 Å². The fraction of sp³-hybridized carbons (Fsp3) is 1.00. The molecular formula is C17H35N3O3S. The molecule has 0 aromatic rings. The number of primary sulfonamides is 1. The number of nitrogens with two attached hydrogens (primary N) is 2. The van der Waals surface area contributed by atoms with E-state index in [1.54, 1.807) is 0 Å². The molecule has 1 saturated carbocycles. The Morgan fingerprint density at radius 3 is 2.29 bits per heavy atom. The monoisotopic (exact) mass is 361 g/mol. The molecule has 2 fully saturated rings. The van der Waals surface area contributed by atoms with E-state index in [0.717, 1.165) is 58.5 Å². The SMILES string of the molecule is NC(CCCCS(N)(=O)=O)(CCCN1CCOCC1)C1CCCC1. The molecule has 1 atom stereocenters. The summed E-state index contributed by atoms with van der Waals surface area (Å²) in [5.41, 5.74) is 6.71. The predicted octanol–water partition coefficient (Wildman–Crippen LogP) is 1.45. The number of morpholine rings is 1. The summed E-state index contributed by atoms with van der Waals surface area (Å²) >= 11 is 0. The minimum Gasteiger partial charge on any atom is -0.379 e. The van der Waals surface area contributed by atoms with Gasteiger partial charge in [-0.2, -0.15) is 0 Å². The second-order valence-corrected chi connectivity index (χ2v) is 9.33. The summed E-state index contributed by atoms with van der Waals surface area (Å²) < 4.78 is 27.6. The Morgan fingerprint density at radius 2 is 1.67 bits per heavy atom. The van der Waals surface area contributed by atoms with Gasteiger partial charge in [-0.1, -0.05) is 19.3 Å². The molecule has 1 heterocycles. The maximum Gasteiger partial charge on any atom is 0.209 e. The van der Waals surface area contributed by atoms with Gasteiger partial charge in [0.05, 0.1) is 19.0 Å². The van der Waals surface area contributed by atoms with Crippen molar-refractivity contribution in [2.75, 3.05) is 38.6 Å². The molecule has 0 aromatic heterocycles. The van der Waals surface area contributed by atoms with E-state index < -0.39 is 10.0 Å². The van der Waals surface area contributed by atoms with E-state index in [4.69, 9.17) is 15.6 Å². The maximum atomic E-state index is 11.1. The number of hydrogen-bond donors (Lipinski definition) is 2. The molecule has 1 unspecified atom stereocenters. The highest BCUT2D eigenvalue weighted by Crippen LogP contribution is 2.38. The summed E-state index contributed by atoms with van der Waals surface area (Å²) in [4.78, 5) is 2.46. The van der Waals surface area contributed by atoms with Gasteiger partial charge in [0.2, 0.25) is 10.0 Å². The van der Waals surface area contributed by atoms with Crippen LogP contribution >= 0.6 is 0 Å². The largest absolute Gasteiger partial charge is 0.379 e. The molecule has 2 rings (SSSR count). The third-order valence-electron chi connectivity index (χ3n) is 5.71. The van der Waals surface area contributed by atoms with Gasteiger partial charge in [-0.15, -0.1) is 0 Å². The average molecular weight is 362 g/mol. The molecule has 7 heteroatoms. The number of unbranched alkanes of at least 4 members (excludes halogenated alkanes) is 1. The van der Waals surface area contributed by atoms with Gasteiger partial charge in [0.1, 0.15) is 0 Å². The Morgan fingerprint density at radius 1 is 1.04 bits per heavy atom. The van der Waals surface area contributed by atoms with E-state index in [1.165, 1.54) is 25.7 Å². The van der Waals surface area contributed by atoms with Gasteiger partial charge in [0.15, 0.2) is 0 Å². The Kier molecular flexibility index (Phi) is 7.94. The van der Waals surface area contributed by atoms with E-state index in [2.05, 4.69) is 4.90 Å². The molecule has 24 heavy (non-hydrogen) atoms. The Labute approximate surface area is 147 Å². The van der Waals surface area contributed by atoms with Crippen molar-refractivity contribution in [3.8, 4) is 0 Å². The van der Waals surface area contributed by atoms with Crippen molar-refractivity contribution >= 4 is 10.0 Å². The number of rotatable bonds is 10. The first-order chi connectivity index (χ1) is 11.4. The molecule has 1 aliphatic heterocycles. The summed E-state index contributed by atoms with van der Waals surface area (Å²) in [7, 11) is -3.35. The van der Waals surface area contributed by atoms with Crippen LogP contribution in [0.2, 0.25) is 0 Å². The quantitative estimate of drug-likeness (QED) is 0.574. The maximum absolute atomic E-state index is 11.1. The smallest absolute Gasteiger partial charge is 0.209 e. The van der Waals surface area contributed by atoms with Gasteiger partial charge in [-0.05, 0) is 51.0 Å². The zero-order valence-corrected chi connectivity index (χ0v) is 15.7. The van der Waals surface area contributed by atoms with Crippen molar-refractivity contribution in [2.24, 2.45) is 16.8 Å². The Hall–Kier alpha value is -0.210. The van der Waals surface area contributed by atoms with Gasteiger partial charge in [0.25, 0.3) is 0 Å². The van der Waals surface area contributed by atoms with Crippen LogP contribution in [0.4, 0.5) is 0 Å². The predicted molar refractivity (Wildman–Crippen MR) is 97.2 cm³/mol. The lowest BCUT2D eigenvalue weighted by Crippen LogP contribution is -2.47. The van der Waals surface area contributed by atoms with Crippen LogP contribution in [0, 0.1) is 5.92 Å². The standard InChI is InChI=1S/C17H35N3O3S/c18-17(16-6-1-2-7-16,8-3-4-15-24(19,21)22)9-5-10-20-11-13-23-14-12-20/h16H,1-15,18H2,(H2,19,21,22). The van der Waals surface area contributed by atoms with Gasteiger partial charge in [-0.25, -0.2) is 13.6 Å². The van der Waals surface area contributed by atoms with Crippen LogP contribution in [-0.2, 0) is 14.8 Å². The molecule has 142 valence electrons. The molecule has 0 radical (unpaired) electrons. The lowest BCUT2D eigenvalue weighted by atomic mass is 9.76. The summed E-state index contributed by atoms with van der Waals surface area (Å²) in [6.07, 6.45) is 9.54. The highest BCUT2D eigenvalue weighted by Gasteiger charge is 2.35. The minimum atomic E-state index is -3.35. The lowest BCUT2D eigenvalue weighted by Gasteiger charge is -2.37. The zero-order valence-electron chi connectivity index (χ0n) is 14.9. The third kappa shape index (κ3) is 6.96. The topological polar surface area (TPSA) is 98.7 Å². The fourth-order valence-corrected chi connectivity index (χ4v) is 4.85. The van der Waals surface area contributed by atoms with E-state index >= 15 is 0 Å². The first-order valence-corrected chi connectivity index (χ1v) is 11.2. The number of ether oxygens (including phenoxy) is 1. The normalized spacial score (nSPS) is 23.4. The first kappa shape index (κ1) is 20.1. The highest BCUT2D eigenvalue weighted by molar-refractivity contribution is 7.89. The third-order valence-corrected chi connectivity index (χ3v) is 6.57. The molecule has 0 amide bonds. The molecule has 1 aliphatic carbocycles. The van der Waals surface area contributed by atoms with E-state index in [9.17, 15) is 8.42 Å². The summed E-state index contributed by atoms with van der Waals surface area (Å²) in [6.45, 7) is 4.81. The summed E-state index contributed by atoms with van der Waals surface area (Å²) in [6, 6.07) is 0. The van der Waals surface area contributed by atoms with Gasteiger partial charge < -0.3 is 10.5 Å². The molecule has 6 nitrogen and oxygen atoms in total. The van der Waals surface area contributed by atoms with Crippen LogP contribution in [0.15, 0.2) is 0 Å². The first-order valence-electron chi connectivity index (χ1n) is 9.48. The van der Waals surface area contributed by atoms with Crippen LogP contribution in [0.3, 0.4) is 0 Å². The Balaban J connectivity index is 1.78. The number of hydrogen-bond acceptors (Lipinski definition) is 5. The lowest BCUT2D eigenvalue weighted by molar-refractivity contribution is 0.0357. The van der Waals surface area contributed by atoms with Crippen molar-refractivity contribution in [3.63, 3.8) is 0 Å². The molecular weight excluding hydrogens is 326 g/mol. The van der Waals surface area contributed by atoms with Crippen LogP contribution in [0.5, 0.6) is 0 Å². The minimum absolute atomic E-state index is 0.0710. The van der Waals surface area contributed by atoms with E-state index in [1.807, 2.05) is 0 Å².